The van der Waals surface area contributed by atoms with Crippen molar-refractivity contribution in [2.45, 2.75) is 12.8 Å². The molecule has 1 aliphatic rings. The zero-order valence-electron chi connectivity index (χ0n) is 10.2. The van der Waals surface area contributed by atoms with Gasteiger partial charge in [-0.15, -0.1) is 11.3 Å². The van der Waals surface area contributed by atoms with Gasteiger partial charge in [0.15, 0.2) is 0 Å². The molecule has 3 nitrogen and oxygen atoms in total. The van der Waals surface area contributed by atoms with E-state index in [-0.39, 0.29) is 11.8 Å². The number of amides is 1. The molecule has 0 spiro atoms. The highest BCUT2D eigenvalue weighted by atomic mass is 32.1. The highest BCUT2D eigenvalue weighted by Gasteiger charge is 2.30. The van der Waals surface area contributed by atoms with Crippen LogP contribution in [0.15, 0.2) is 35.7 Å². The fourth-order valence-corrected chi connectivity index (χ4v) is 2.79. The Kier molecular flexibility index (Phi) is 3.06. The molecule has 0 aliphatic heterocycles. The van der Waals surface area contributed by atoms with Crippen LogP contribution in [0, 0.1) is 17.2 Å². The number of nitriles is 1. The molecule has 1 saturated carbocycles. The van der Waals surface area contributed by atoms with Crippen molar-refractivity contribution in [3.63, 3.8) is 0 Å². The van der Waals surface area contributed by atoms with Crippen LogP contribution in [0.1, 0.15) is 17.7 Å². The van der Waals surface area contributed by atoms with Crippen molar-refractivity contribution in [2.75, 3.05) is 5.32 Å². The van der Waals surface area contributed by atoms with Gasteiger partial charge in [0.1, 0.15) is 10.9 Å². The van der Waals surface area contributed by atoms with Crippen LogP contribution in [0.2, 0.25) is 0 Å². The van der Waals surface area contributed by atoms with Crippen molar-refractivity contribution in [2.24, 2.45) is 5.92 Å². The van der Waals surface area contributed by atoms with Gasteiger partial charge in [-0.1, -0.05) is 30.3 Å². The molecule has 1 N–H and O–H groups in total. The summed E-state index contributed by atoms with van der Waals surface area (Å²) in [5.74, 6) is 0.169. The van der Waals surface area contributed by atoms with Crippen LogP contribution < -0.4 is 5.32 Å². The highest BCUT2D eigenvalue weighted by molar-refractivity contribution is 7.11. The van der Waals surface area contributed by atoms with Crippen molar-refractivity contribution in [3.8, 4) is 17.2 Å². The van der Waals surface area contributed by atoms with Crippen molar-refractivity contribution in [1.82, 2.24) is 0 Å². The molecule has 0 radical (unpaired) electrons. The van der Waals surface area contributed by atoms with E-state index in [1.54, 1.807) is 0 Å². The first-order valence-electron chi connectivity index (χ1n) is 6.17. The van der Waals surface area contributed by atoms with Gasteiger partial charge in [-0.05, 0) is 18.4 Å². The van der Waals surface area contributed by atoms with E-state index in [1.807, 2.05) is 35.7 Å². The average Bonchev–Trinajstić information content (AvgIpc) is 3.22. The van der Waals surface area contributed by atoms with Crippen molar-refractivity contribution < 1.29 is 4.79 Å². The van der Waals surface area contributed by atoms with E-state index in [1.165, 1.54) is 11.3 Å². The molecule has 0 saturated heterocycles. The van der Waals surface area contributed by atoms with Gasteiger partial charge in [0.25, 0.3) is 0 Å². The molecule has 1 aromatic carbocycles. The number of carbonyl (C=O) groups is 1. The van der Waals surface area contributed by atoms with E-state index >= 15 is 0 Å². The molecule has 1 aliphatic carbocycles. The molecule has 19 heavy (non-hydrogen) atoms. The van der Waals surface area contributed by atoms with Gasteiger partial charge in [-0.2, -0.15) is 5.26 Å². The SMILES string of the molecule is N#Cc1scc(-c2ccccc2)c1NC(=O)C1CC1. The maximum absolute atomic E-state index is 11.9. The second-order valence-corrected chi connectivity index (χ2v) is 5.47. The lowest BCUT2D eigenvalue weighted by Gasteiger charge is -2.07. The number of benzene rings is 1. The first-order valence-corrected chi connectivity index (χ1v) is 7.05. The summed E-state index contributed by atoms with van der Waals surface area (Å²) < 4.78 is 0. The van der Waals surface area contributed by atoms with E-state index in [0.717, 1.165) is 24.0 Å². The van der Waals surface area contributed by atoms with Gasteiger partial charge < -0.3 is 5.32 Å². The zero-order chi connectivity index (χ0) is 13.2. The highest BCUT2D eigenvalue weighted by Crippen LogP contribution is 2.38. The summed E-state index contributed by atoms with van der Waals surface area (Å²) in [6.07, 6.45) is 1.91. The normalized spacial score (nSPS) is 13.8. The smallest absolute Gasteiger partial charge is 0.227 e. The second-order valence-electron chi connectivity index (χ2n) is 4.59. The predicted octanol–water partition coefficient (Wildman–Crippen LogP) is 3.64. The van der Waals surface area contributed by atoms with Gasteiger partial charge in [0, 0.05) is 16.9 Å². The minimum atomic E-state index is 0.0343. The Hall–Kier alpha value is -2.12. The topological polar surface area (TPSA) is 52.9 Å². The minimum Gasteiger partial charge on any atom is -0.323 e. The lowest BCUT2D eigenvalue weighted by atomic mass is 10.1. The van der Waals surface area contributed by atoms with E-state index in [2.05, 4.69) is 11.4 Å². The number of thiophene rings is 1. The number of nitrogens with one attached hydrogen (secondary N) is 1. The fraction of sp³-hybridized carbons (Fsp3) is 0.200. The summed E-state index contributed by atoms with van der Waals surface area (Å²) in [6.45, 7) is 0. The van der Waals surface area contributed by atoms with Crippen LogP contribution in [0.25, 0.3) is 11.1 Å². The largest absolute Gasteiger partial charge is 0.323 e. The summed E-state index contributed by atoms with van der Waals surface area (Å²) in [7, 11) is 0. The number of hydrogen-bond acceptors (Lipinski definition) is 3. The summed E-state index contributed by atoms with van der Waals surface area (Å²) in [5, 5.41) is 14.0. The van der Waals surface area contributed by atoms with Crippen LogP contribution in [-0.2, 0) is 4.79 Å². The van der Waals surface area contributed by atoms with Crippen LogP contribution in [0.4, 0.5) is 5.69 Å². The van der Waals surface area contributed by atoms with Gasteiger partial charge in [-0.25, -0.2) is 0 Å². The summed E-state index contributed by atoms with van der Waals surface area (Å²) in [4.78, 5) is 12.5. The molecule has 0 atom stereocenters. The molecule has 0 bridgehead atoms. The van der Waals surface area contributed by atoms with E-state index in [0.29, 0.717) is 10.6 Å². The number of hydrogen-bond donors (Lipinski definition) is 1. The fourth-order valence-electron chi connectivity index (χ4n) is 1.97. The lowest BCUT2D eigenvalue weighted by Crippen LogP contribution is -2.14. The summed E-state index contributed by atoms with van der Waals surface area (Å²) >= 11 is 1.37. The second kappa shape index (κ2) is 4.87. The van der Waals surface area contributed by atoms with Crippen molar-refractivity contribution in [1.29, 1.82) is 5.26 Å². The minimum absolute atomic E-state index is 0.0343. The van der Waals surface area contributed by atoms with E-state index in [4.69, 9.17) is 5.26 Å². The monoisotopic (exact) mass is 268 g/mol. The summed E-state index contributed by atoms with van der Waals surface area (Å²) in [5.41, 5.74) is 2.61. The van der Waals surface area contributed by atoms with Crippen LogP contribution in [0.3, 0.4) is 0 Å². The third kappa shape index (κ3) is 2.38. The molecular formula is C15H12N2OS. The number of anilines is 1. The van der Waals surface area contributed by atoms with Crippen molar-refractivity contribution >= 4 is 22.9 Å². The molecule has 94 valence electrons. The molecule has 1 amide bonds. The van der Waals surface area contributed by atoms with Crippen LogP contribution in [0.5, 0.6) is 0 Å². The van der Waals surface area contributed by atoms with Gasteiger partial charge >= 0.3 is 0 Å². The van der Waals surface area contributed by atoms with E-state index < -0.39 is 0 Å². The van der Waals surface area contributed by atoms with Crippen LogP contribution >= 0.6 is 11.3 Å². The first-order chi connectivity index (χ1) is 9.29. The Morgan fingerprint density at radius 2 is 2.05 bits per heavy atom. The molecule has 0 unspecified atom stereocenters. The number of rotatable bonds is 3. The third-order valence-corrected chi connectivity index (χ3v) is 4.06. The summed E-state index contributed by atoms with van der Waals surface area (Å²) in [6, 6.07) is 12.0. The Balaban J connectivity index is 1.98. The zero-order valence-corrected chi connectivity index (χ0v) is 11.0. The molecular weight excluding hydrogens is 256 g/mol. The van der Waals surface area contributed by atoms with Crippen molar-refractivity contribution in [3.05, 3.63) is 40.6 Å². The average molecular weight is 268 g/mol. The maximum atomic E-state index is 11.9. The quantitative estimate of drug-likeness (QED) is 0.924. The first kappa shape index (κ1) is 11.9. The molecule has 1 fully saturated rings. The van der Waals surface area contributed by atoms with Gasteiger partial charge in [0.2, 0.25) is 5.91 Å². The van der Waals surface area contributed by atoms with Gasteiger partial charge in [-0.3, -0.25) is 4.79 Å². The van der Waals surface area contributed by atoms with Gasteiger partial charge in [0.05, 0.1) is 5.69 Å². The predicted molar refractivity (Wildman–Crippen MR) is 75.8 cm³/mol. The van der Waals surface area contributed by atoms with Crippen LogP contribution in [-0.4, -0.2) is 5.91 Å². The molecule has 1 heterocycles. The lowest BCUT2D eigenvalue weighted by molar-refractivity contribution is -0.117. The molecule has 3 rings (SSSR count). The van der Waals surface area contributed by atoms with E-state index in [9.17, 15) is 4.79 Å². The number of carbonyl (C=O) groups excluding carboxylic acids is 1. The Labute approximate surface area is 115 Å². The Bertz CT molecular complexity index is 651. The molecule has 2 aromatic rings. The molecule has 4 heteroatoms. The maximum Gasteiger partial charge on any atom is 0.227 e. The molecule has 1 aromatic heterocycles. The standard InChI is InChI=1S/C15H12N2OS/c16-8-13-14(17-15(18)11-6-7-11)12(9-19-13)10-4-2-1-3-5-10/h1-5,9,11H,6-7H2,(H,17,18). The number of nitrogens with zero attached hydrogens (tertiary/aromatic N) is 1. The Morgan fingerprint density at radius 3 is 2.68 bits per heavy atom. The third-order valence-electron chi connectivity index (χ3n) is 3.17. The Morgan fingerprint density at radius 1 is 1.32 bits per heavy atom.